The van der Waals surface area contributed by atoms with Gasteiger partial charge in [-0.15, -0.1) is 0 Å². The van der Waals surface area contributed by atoms with Crippen LogP contribution in [0.3, 0.4) is 0 Å². The van der Waals surface area contributed by atoms with Crippen molar-refractivity contribution in [2.75, 3.05) is 33.4 Å². The quantitative estimate of drug-likeness (QED) is 0.475. The molecule has 1 amide bonds. The van der Waals surface area contributed by atoms with E-state index in [0.29, 0.717) is 29.9 Å². The van der Waals surface area contributed by atoms with Crippen molar-refractivity contribution in [3.05, 3.63) is 94.8 Å². The van der Waals surface area contributed by atoms with Crippen LogP contribution in [0.5, 0.6) is 5.75 Å². The molecule has 0 radical (unpaired) electrons. The second-order valence-electron chi connectivity index (χ2n) is 11.2. The highest BCUT2D eigenvalue weighted by molar-refractivity contribution is 5.94. The smallest absolute Gasteiger partial charge is 0.253 e. The van der Waals surface area contributed by atoms with Crippen LogP contribution in [0.2, 0.25) is 0 Å². The fourth-order valence-electron chi connectivity index (χ4n) is 6.08. The lowest BCUT2D eigenvalue weighted by atomic mass is 9.59. The summed E-state index contributed by atoms with van der Waals surface area (Å²) in [6.45, 7) is 5.41. The molecule has 1 spiro atoms. The van der Waals surface area contributed by atoms with E-state index in [9.17, 15) is 9.18 Å². The van der Waals surface area contributed by atoms with Crippen molar-refractivity contribution < 1.29 is 18.7 Å². The van der Waals surface area contributed by atoms with E-state index in [4.69, 9.17) is 14.5 Å². The van der Waals surface area contributed by atoms with E-state index >= 15 is 0 Å². The minimum atomic E-state index is -0.258. The largest absolute Gasteiger partial charge is 0.486 e. The summed E-state index contributed by atoms with van der Waals surface area (Å²) in [5.74, 6) is 0.0811. The van der Waals surface area contributed by atoms with E-state index < -0.39 is 0 Å². The number of rotatable bonds is 7. The topological polar surface area (TPSA) is 76.6 Å². The van der Waals surface area contributed by atoms with Gasteiger partial charge in [0.25, 0.3) is 5.91 Å². The third-order valence-electron chi connectivity index (χ3n) is 7.93. The Morgan fingerprint density at radius 2 is 1.92 bits per heavy atom. The van der Waals surface area contributed by atoms with Crippen molar-refractivity contribution in [1.82, 2.24) is 20.2 Å². The van der Waals surface area contributed by atoms with Crippen molar-refractivity contribution in [1.29, 1.82) is 0 Å². The van der Waals surface area contributed by atoms with Crippen LogP contribution < -0.4 is 10.1 Å². The molecular weight excluding hydrogens is 495 g/mol. The minimum absolute atomic E-state index is 0.0103. The minimum Gasteiger partial charge on any atom is -0.486 e. The number of hydrogen-bond donors (Lipinski definition) is 1. The molecule has 2 aromatic heterocycles. The molecule has 7 nitrogen and oxygen atoms in total. The molecule has 0 bridgehead atoms. The summed E-state index contributed by atoms with van der Waals surface area (Å²) in [7, 11) is 2.15. The summed E-state index contributed by atoms with van der Waals surface area (Å²) in [5, 5.41) is 3.04. The average Bonchev–Trinajstić information content (AvgIpc) is 3.41. The molecule has 2 saturated heterocycles. The van der Waals surface area contributed by atoms with Gasteiger partial charge in [0.1, 0.15) is 17.7 Å². The Morgan fingerprint density at radius 1 is 1.13 bits per heavy atom. The fraction of sp³-hybridized carbons (Fsp3) is 0.387. The second kappa shape index (κ2) is 10.5. The van der Waals surface area contributed by atoms with Gasteiger partial charge in [-0.2, -0.15) is 0 Å². The number of carbonyl (C=O) groups excluding carboxylic acids is 1. The SMILES string of the molecule is C[C@@H](NC(=O)c1cncc(O[C@@H]2CCOC2)c1)c1ccc(C(=C2CC3(C2)CN(C)C3)c2ccc(F)cc2)nc1. The Bertz CT molecular complexity index is 1370. The number of carbonyl (C=O) groups is 1. The number of nitrogens with one attached hydrogen (secondary N) is 1. The molecule has 4 heterocycles. The highest BCUT2D eigenvalue weighted by atomic mass is 19.1. The number of pyridine rings is 2. The Labute approximate surface area is 228 Å². The van der Waals surface area contributed by atoms with Gasteiger partial charge in [-0.05, 0) is 62.2 Å². The van der Waals surface area contributed by atoms with Gasteiger partial charge >= 0.3 is 0 Å². The van der Waals surface area contributed by atoms with Crippen molar-refractivity contribution in [3.8, 4) is 5.75 Å². The molecule has 1 saturated carbocycles. The highest BCUT2D eigenvalue weighted by Crippen LogP contribution is 2.54. The first-order valence-electron chi connectivity index (χ1n) is 13.5. The number of nitrogens with zero attached hydrogens (tertiary/aromatic N) is 3. The van der Waals surface area contributed by atoms with E-state index in [1.54, 1.807) is 12.3 Å². The fourth-order valence-corrected chi connectivity index (χ4v) is 6.08. The molecule has 6 rings (SSSR count). The molecule has 1 N–H and O–H groups in total. The zero-order chi connectivity index (χ0) is 27.0. The predicted octanol–water partition coefficient (Wildman–Crippen LogP) is 4.80. The first-order chi connectivity index (χ1) is 18.9. The molecule has 1 aliphatic carbocycles. The lowest BCUT2D eigenvalue weighted by molar-refractivity contribution is -0.0106. The zero-order valence-electron chi connectivity index (χ0n) is 22.3. The maximum absolute atomic E-state index is 13.7. The predicted molar refractivity (Wildman–Crippen MR) is 146 cm³/mol. The molecule has 3 aliphatic rings. The molecule has 39 heavy (non-hydrogen) atoms. The first kappa shape index (κ1) is 25.6. The van der Waals surface area contributed by atoms with Crippen LogP contribution in [-0.2, 0) is 4.74 Å². The van der Waals surface area contributed by atoms with Crippen LogP contribution in [0.4, 0.5) is 4.39 Å². The Kier molecular flexibility index (Phi) is 6.91. The number of allylic oxidation sites excluding steroid dienone is 1. The van der Waals surface area contributed by atoms with Crippen molar-refractivity contribution in [2.24, 2.45) is 5.41 Å². The summed E-state index contributed by atoms with van der Waals surface area (Å²) in [6, 6.07) is 12.1. The molecule has 0 unspecified atom stereocenters. The van der Waals surface area contributed by atoms with E-state index in [2.05, 4.69) is 22.2 Å². The van der Waals surface area contributed by atoms with Crippen molar-refractivity contribution >= 4 is 11.5 Å². The standard InChI is InChI=1S/C31H33FN4O3/c1-20(35-30(37)23-11-27(16-33-14-23)39-26-9-10-38-17-26)22-5-8-28(34-15-22)29(21-3-6-25(32)7-4-21)24-12-31(13-24)18-36(2)19-31/h3-8,11,14-16,20,26H,9-10,12-13,17-19H2,1-2H3,(H,35,37)/t20-,26-/m1/s1. The van der Waals surface area contributed by atoms with Gasteiger partial charge in [0, 0.05) is 42.9 Å². The lowest BCUT2D eigenvalue weighted by Gasteiger charge is -2.56. The molecule has 3 aromatic rings. The number of hydrogen-bond acceptors (Lipinski definition) is 6. The van der Waals surface area contributed by atoms with E-state index in [1.165, 1.54) is 23.9 Å². The molecule has 1 aromatic carbocycles. The second-order valence-corrected chi connectivity index (χ2v) is 11.2. The van der Waals surface area contributed by atoms with Gasteiger partial charge in [-0.25, -0.2) is 4.39 Å². The number of aromatic nitrogens is 2. The molecular formula is C31H33FN4O3. The summed E-state index contributed by atoms with van der Waals surface area (Å²) >= 11 is 0. The summed E-state index contributed by atoms with van der Waals surface area (Å²) < 4.78 is 24.9. The molecule has 202 valence electrons. The van der Waals surface area contributed by atoms with Crippen LogP contribution >= 0.6 is 0 Å². The molecule has 2 atom stereocenters. The first-order valence-corrected chi connectivity index (χ1v) is 13.5. The Morgan fingerprint density at radius 3 is 2.59 bits per heavy atom. The third-order valence-corrected chi connectivity index (χ3v) is 7.93. The van der Waals surface area contributed by atoms with Gasteiger partial charge in [0.2, 0.25) is 0 Å². The monoisotopic (exact) mass is 528 g/mol. The van der Waals surface area contributed by atoms with Gasteiger partial charge in [0.05, 0.1) is 36.7 Å². The van der Waals surface area contributed by atoms with Crippen LogP contribution in [0, 0.1) is 11.2 Å². The number of benzene rings is 1. The normalized spacial score (nSPS) is 20.7. The highest BCUT2D eigenvalue weighted by Gasteiger charge is 2.49. The van der Waals surface area contributed by atoms with Gasteiger partial charge in [0.15, 0.2) is 0 Å². The van der Waals surface area contributed by atoms with Gasteiger partial charge in [-0.3, -0.25) is 14.8 Å². The average molecular weight is 529 g/mol. The van der Waals surface area contributed by atoms with Crippen LogP contribution in [0.15, 0.2) is 66.6 Å². The number of ether oxygens (including phenoxy) is 2. The van der Waals surface area contributed by atoms with Crippen LogP contribution in [-0.4, -0.2) is 60.2 Å². The molecule has 3 fully saturated rings. The maximum Gasteiger partial charge on any atom is 0.253 e. The molecule has 8 heteroatoms. The summed E-state index contributed by atoms with van der Waals surface area (Å²) in [5.41, 5.74) is 6.03. The number of amides is 1. The zero-order valence-corrected chi connectivity index (χ0v) is 22.3. The lowest BCUT2D eigenvalue weighted by Crippen LogP contribution is -2.58. The van der Waals surface area contributed by atoms with Gasteiger partial charge in [-0.1, -0.05) is 23.8 Å². The van der Waals surface area contributed by atoms with E-state index in [-0.39, 0.29) is 23.9 Å². The van der Waals surface area contributed by atoms with E-state index in [0.717, 1.165) is 54.7 Å². The maximum atomic E-state index is 13.7. The third kappa shape index (κ3) is 5.44. The van der Waals surface area contributed by atoms with Crippen LogP contribution in [0.1, 0.15) is 59.4 Å². The summed E-state index contributed by atoms with van der Waals surface area (Å²) in [4.78, 5) is 24.3. The van der Waals surface area contributed by atoms with Crippen molar-refractivity contribution in [3.63, 3.8) is 0 Å². The summed E-state index contributed by atoms with van der Waals surface area (Å²) in [6.07, 6.45) is 7.87. The Hall–Kier alpha value is -3.62. The number of likely N-dealkylation sites (tertiary alicyclic amines) is 1. The Balaban J connectivity index is 1.16. The van der Waals surface area contributed by atoms with Crippen LogP contribution in [0.25, 0.3) is 5.57 Å². The van der Waals surface area contributed by atoms with E-state index in [1.807, 2.05) is 37.4 Å². The van der Waals surface area contributed by atoms with Crippen molar-refractivity contribution in [2.45, 2.75) is 38.3 Å². The molecule has 2 aliphatic heterocycles. The number of halogens is 1. The van der Waals surface area contributed by atoms with Gasteiger partial charge < -0.3 is 19.7 Å².